The first-order valence-electron chi connectivity index (χ1n) is 10.3. The number of rotatable bonds is 7. The van der Waals surface area contributed by atoms with E-state index in [4.69, 9.17) is 31.8 Å². The number of fused-ring (bicyclic) bond motifs is 1. The number of halogens is 1. The quantitative estimate of drug-likeness (QED) is 0.440. The van der Waals surface area contributed by atoms with Gasteiger partial charge in [-0.2, -0.15) is 0 Å². The molecule has 0 fully saturated rings. The topological polar surface area (TPSA) is 79.4 Å². The van der Waals surface area contributed by atoms with Gasteiger partial charge in [-0.25, -0.2) is 4.98 Å². The summed E-state index contributed by atoms with van der Waals surface area (Å²) in [5, 5.41) is 1.01. The molecule has 2 N–H and O–H groups in total. The van der Waals surface area contributed by atoms with Gasteiger partial charge in [0, 0.05) is 23.2 Å². The second kappa shape index (κ2) is 9.42. The fraction of sp³-hybridized carbons (Fsp3) is 0.200. The van der Waals surface area contributed by atoms with Gasteiger partial charge < -0.3 is 15.2 Å². The van der Waals surface area contributed by atoms with Crippen molar-refractivity contribution in [3.63, 3.8) is 0 Å². The minimum atomic E-state index is -0.123. The molecule has 4 aromatic rings. The van der Waals surface area contributed by atoms with Gasteiger partial charge in [0.2, 0.25) is 0 Å². The number of benzene rings is 3. The third kappa shape index (κ3) is 4.33. The van der Waals surface area contributed by atoms with Crippen molar-refractivity contribution >= 4 is 22.5 Å². The summed E-state index contributed by atoms with van der Waals surface area (Å²) in [5.41, 5.74) is 9.00. The van der Waals surface area contributed by atoms with Gasteiger partial charge in [-0.3, -0.25) is 9.36 Å². The molecule has 0 aliphatic rings. The third-order valence-electron chi connectivity index (χ3n) is 5.33. The van der Waals surface area contributed by atoms with E-state index in [2.05, 4.69) is 0 Å². The van der Waals surface area contributed by atoms with E-state index in [0.717, 1.165) is 16.7 Å². The number of aromatic nitrogens is 2. The molecule has 0 radical (unpaired) electrons. The smallest absolute Gasteiger partial charge is 0.261 e. The average molecular weight is 450 g/mol. The first kappa shape index (κ1) is 21.9. The van der Waals surface area contributed by atoms with Crippen molar-refractivity contribution in [2.45, 2.75) is 13.0 Å². The van der Waals surface area contributed by atoms with E-state index >= 15 is 0 Å². The molecular weight excluding hydrogens is 426 g/mol. The molecule has 1 aromatic heterocycles. The Morgan fingerprint density at radius 2 is 1.56 bits per heavy atom. The molecule has 0 unspecified atom stereocenters. The standard InChI is InChI=1S/C25H24ClN3O3/c1-31-20-12-18(13-21(15-20)32-2)16-4-6-17(7-5-16)24-28-23-9-8-19(26)14-22(23)25(30)29(24)11-3-10-27/h4-9,12-15H,3,10-11,27H2,1-2H3. The Bertz CT molecular complexity index is 1290. The van der Waals surface area contributed by atoms with Crippen LogP contribution < -0.4 is 20.8 Å². The molecule has 0 saturated heterocycles. The molecule has 0 atom stereocenters. The zero-order valence-corrected chi connectivity index (χ0v) is 18.7. The highest BCUT2D eigenvalue weighted by molar-refractivity contribution is 6.31. The third-order valence-corrected chi connectivity index (χ3v) is 5.57. The molecule has 3 aromatic carbocycles. The number of nitrogens with zero attached hydrogens (tertiary/aromatic N) is 2. The lowest BCUT2D eigenvalue weighted by Gasteiger charge is -2.14. The van der Waals surface area contributed by atoms with Gasteiger partial charge in [-0.05, 0) is 54.4 Å². The second-order valence-electron chi connectivity index (χ2n) is 7.37. The zero-order valence-electron chi connectivity index (χ0n) is 18.0. The summed E-state index contributed by atoms with van der Waals surface area (Å²) in [4.78, 5) is 18.0. The van der Waals surface area contributed by atoms with Crippen molar-refractivity contribution < 1.29 is 9.47 Å². The molecule has 0 bridgehead atoms. The Morgan fingerprint density at radius 3 is 2.19 bits per heavy atom. The molecule has 0 aliphatic carbocycles. The Morgan fingerprint density at radius 1 is 0.906 bits per heavy atom. The van der Waals surface area contributed by atoms with Gasteiger partial charge in [0.15, 0.2) is 0 Å². The molecule has 0 amide bonds. The van der Waals surface area contributed by atoms with Crippen LogP contribution in [-0.4, -0.2) is 30.3 Å². The van der Waals surface area contributed by atoms with E-state index in [9.17, 15) is 4.79 Å². The summed E-state index contributed by atoms with van der Waals surface area (Å²) in [7, 11) is 3.25. The van der Waals surface area contributed by atoms with E-state index in [1.807, 2.05) is 42.5 Å². The normalized spacial score (nSPS) is 11.0. The van der Waals surface area contributed by atoms with Gasteiger partial charge in [-0.1, -0.05) is 35.9 Å². The SMILES string of the molecule is COc1cc(OC)cc(-c2ccc(-c3nc4ccc(Cl)cc4c(=O)n3CCCN)cc2)c1. The highest BCUT2D eigenvalue weighted by Crippen LogP contribution is 2.31. The van der Waals surface area contributed by atoms with Gasteiger partial charge in [0.25, 0.3) is 5.56 Å². The van der Waals surface area contributed by atoms with Crippen LogP contribution in [0.2, 0.25) is 5.02 Å². The van der Waals surface area contributed by atoms with Gasteiger partial charge in [0.05, 0.1) is 25.1 Å². The lowest BCUT2D eigenvalue weighted by Crippen LogP contribution is -2.24. The van der Waals surface area contributed by atoms with E-state index in [1.165, 1.54) is 0 Å². The predicted octanol–water partition coefficient (Wildman–Crippen LogP) is 4.75. The summed E-state index contributed by atoms with van der Waals surface area (Å²) in [6, 6.07) is 18.8. The molecule has 7 heteroatoms. The van der Waals surface area contributed by atoms with Crippen LogP contribution in [0.4, 0.5) is 0 Å². The fourth-order valence-corrected chi connectivity index (χ4v) is 3.83. The van der Waals surface area contributed by atoms with Gasteiger partial charge in [0.1, 0.15) is 17.3 Å². The van der Waals surface area contributed by atoms with Crippen LogP contribution in [0.3, 0.4) is 0 Å². The fourth-order valence-electron chi connectivity index (χ4n) is 3.66. The van der Waals surface area contributed by atoms with E-state index in [1.54, 1.807) is 37.0 Å². The highest BCUT2D eigenvalue weighted by Gasteiger charge is 2.14. The van der Waals surface area contributed by atoms with Crippen LogP contribution in [0.25, 0.3) is 33.4 Å². The van der Waals surface area contributed by atoms with Crippen LogP contribution in [-0.2, 0) is 6.54 Å². The first-order chi connectivity index (χ1) is 15.5. The number of hydrogen-bond acceptors (Lipinski definition) is 5. The van der Waals surface area contributed by atoms with E-state index in [0.29, 0.717) is 52.8 Å². The summed E-state index contributed by atoms with van der Waals surface area (Å²) in [5.74, 6) is 2.04. The van der Waals surface area contributed by atoms with Gasteiger partial charge in [-0.15, -0.1) is 0 Å². The molecule has 4 rings (SSSR count). The van der Waals surface area contributed by atoms with Crippen molar-refractivity contribution in [1.29, 1.82) is 0 Å². The summed E-state index contributed by atoms with van der Waals surface area (Å²) in [6.45, 7) is 0.963. The van der Waals surface area contributed by atoms with Gasteiger partial charge >= 0.3 is 0 Å². The van der Waals surface area contributed by atoms with Crippen LogP contribution >= 0.6 is 11.6 Å². The highest BCUT2D eigenvalue weighted by atomic mass is 35.5. The largest absolute Gasteiger partial charge is 0.497 e. The van der Waals surface area contributed by atoms with Crippen molar-refractivity contribution in [3.05, 3.63) is 76.0 Å². The summed E-state index contributed by atoms with van der Waals surface area (Å²) in [6.07, 6.45) is 0.669. The van der Waals surface area contributed by atoms with E-state index in [-0.39, 0.29) is 5.56 Å². The zero-order chi connectivity index (χ0) is 22.7. The Balaban J connectivity index is 1.81. The Labute approximate surface area is 191 Å². The lowest BCUT2D eigenvalue weighted by molar-refractivity contribution is 0.394. The number of hydrogen-bond donors (Lipinski definition) is 1. The molecular formula is C25H24ClN3O3. The summed E-state index contributed by atoms with van der Waals surface area (Å²) >= 11 is 6.11. The maximum absolute atomic E-state index is 13.2. The number of ether oxygens (including phenoxy) is 2. The van der Waals surface area contributed by atoms with Crippen LogP contribution in [0.1, 0.15) is 6.42 Å². The average Bonchev–Trinajstić information content (AvgIpc) is 2.83. The van der Waals surface area contributed by atoms with Crippen molar-refractivity contribution in [2.75, 3.05) is 20.8 Å². The number of nitrogens with two attached hydrogens (primary N) is 1. The number of methoxy groups -OCH3 is 2. The summed E-state index contributed by atoms with van der Waals surface area (Å²) < 4.78 is 12.4. The van der Waals surface area contributed by atoms with E-state index < -0.39 is 0 Å². The molecule has 0 spiro atoms. The van der Waals surface area contributed by atoms with Crippen molar-refractivity contribution in [3.8, 4) is 34.0 Å². The maximum Gasteiger partial charge on any atom is 0.261 e. The molecule has 164 valence electrons. The van der Waals surface area contributed by atoms with Crippen LogP contribution in [0.5, 0.6) is 11.5 Å². The first-order valence-corrected chi connectivity index (χ1v) is 10.7. The molecule has 6 nitrogen and oxygen atoms in total. The van der Waals surface area contributed by atoms with Crippen molar-refractivity contribution in [1.82, 2.24) is 9.55 Å². The Kier molecular flexibility index (Phi) is 6.44. The molecule has 0 aliphatic heterocycles. The molecule has 0 saturated carbocycles. The Hall–Kier alpha value is -3.35. The molecule has 1 heterocycles. The molecule has 32 heavy (non-hydrogen) atoms. The predicted molar refractivity (Wildman–Crippen MR) is 129 cm³/mol. The minimum absolute atomic E-state index is 0.123. The second-order valence-corrected chi connectivity index (χ2v) is 7.81. The van der Waals surface area contributed by atoms with Crippen LogP contribution in [0.15, 0.2) is 65.5 Å². The lowest BCUT2D eigenvalue weighted by atomic mass is 10.0. The van der Waals surface area contributed by atoms with Crippen molar-refractivity contribution in [2.24, 2.45) is 5.73 Å². The van der Waals surface area contributed by atoms with Crippen LogP contribution in [0, 0.1) is 0 Å². The minimum Gasteiger partial charge on any atom is -0.497 e. The maximum atomic E-state index is 13.2. The monoisotopic (exact) mass is 449 g/mol.